The monoisotopic (exact) mass is 401 g/mol. The SMILES string of the molecule is CCOc1ccc(NC(=O)COc2ccc(/C=N\NC(=O)OC)cc2OC)cc1. The molecule has 0 heterocycles. The van der Waals surface area contributed by atoms with Crippen molar-refractivity contribution in [1.82, 2.24) is 5.43 Å². The van der Waals surface area contributed by atoms with E-state index in [1.807, 2.05) is 6.92 Å². The summed E-state index contributed by atoms with van der Waals surface area (Å²) in [7, 11) is 2.72. The lowest BCUT2D eigenvalue weighted by atomic mass is 10.2. The van der Waals surface area contributed by atoms with Crippen molar-refractivity contribution >= 4 is 23.9 Å². The highest BCUT2D eigenvalue weighted by Gasteiger charge is 2.09. The molecule has 0 atom stereocenters. The molecule has 2 rings (SSSR count). The minimum absolute atomic E-state index is 0.194. The van der Waals surface area contributed by atoms with Gasteiger partial charge in [-0.3, -0.25) is 4.79 Å². The molecular formula is C20H23N3O6. The molecular weight excluding hydrogens is 378 g/mol. The number of hydrogen-bond donors (Lipinski definition) is 2. The maximum Gasteiger partial charge on any atom is 0.427 e. The number of amides is 2. The Kier molecular flexibility index (Phi) is 8.30. The second-order valence-electron chi connectivity index (χ2n) is 5.57. The van der Waals surface area contributed by atoms with Crippen molar-refractivity contribution in [3.63, 3.8) is 0 Å². The maximum absolute atomic E-state index is 12.1. The van der Waals surface area contributed by atoms with E-state index in [1.165, 1.54) is 20.4 Å². The molecule has 0 saturated heterocycles. The van der Waals surface area contributed by atoms with Gasteiger partial charge in [-0.15, -0.1) is 0 Å². The van der Waals surface area contributed by atoms with Crippen LogP contribution in [0.4, 0.5) is 10.5 Å². The average Bonchev–Trinajstić information content (AvgIpc) is 2.74. The molecule has 29 heavy (non-hydrogen) atoms. The molecule has 9 heteroatoms. The van der Waals surface area contributed by atoms with Crippen molar-refractivity contribution < 1.29 is 28.5 Å². The van der Waals surface area contributed by atoms with Gasteiger partial charge in [0.05, 0.1) is 27.0 Å². The molecule has 9 nitrogen and oxygen atoms in total. The predicted molar refractivity (Wildman–Crippen MR) is 108 cm³/mol. The molecule has 0 aliphatic carbocycles. The van der Waals surface area contributed by atoms with E-state index in [-0.39, 0.29) is 12.5 Å². The van der Waals surface area contributed by atoms with Crippen LogP contribution in [0.25, 0.3) is 0 Å². The number of benzene rings is 2. The highest BCUT2D eigenvalue weighted by atomic mass is 16.5. The van der Waals surface area contributed by atoms with Crippen LogP contribution in [0.2, 0.25) is 0 Å². The first-order valence-corrected chi connectivity index (χ1v) is 8.76. The number of carbonyl (C=O) groups is 2. The van der Waals surface area contributed by atoms with Crippen molar-refractivity contribution in [1.29, 1.82) is 0 Å². The third kappa shape index (κ3) is 7.06. The van der Waals surface area contributed by atoms with E-state index in [4.69, 9.17) is 14.2 Å². The summed E-state index contributed by atoms with van der Waals surface area (Å²) < 4.78 is 20.6. The molecule has 0 saturated carbocycles. The van der Waals surface area contributed by atoms with E-state index >= 15 is 0 Å². The number of rotatable bonds is 9. The summed E-state index contributed by atoms with van der Waals surface area (Å²) in [5.41, 5.74) is 3.48. The minimum Gasteiger partial charge on any atom is -0.494 e. The van der Waals surface area contributed by atoms with Crippen LogP contribution in [0.5, 0.6) is 17.2 Å². The zero-order valence-electron chi connectivity index (χ0n) is 16.4. The molecule has 0 aliphatic rings. The number of hydrogen-bond acceptors (Lipinski definition) is 7. The molecule has 2 N–H and O–H groups in total. The summed E-state index contributed by atoms with van der Waals surface area (Å²) in [5, 5.41) is 6.48. The van der Waals surface area contributed by atoms with E-state index in [1.54, 1.807) is 42.5 Å². The largest absolute Gasteiger partial charge is 0.494 e. The van der Waals surface area contributed by atoms with Gasteiger partial charge in [0.15, 0.2) is 18.1 Å². The molecule has 0 aliphatic heterocycles. The summed E-state index contributed by atoms with van der Waals surface area (Å²) in [6.07, 6.45) is 0.744. The normalized spacial score (nSPS) is 10.3. The summed E-state index contributed by atoms with van der Waals surface area (Å²) in [4.78, 5) is 23.1. The standard InChI is InChI=1S/C20H23N3O6/c1-4-28-16-8-6-15(7-9-16)22-19(24)13-29-17-10-5-14(11-18(17)26-2)12-21-23-20(25)27-3/h5-12H,4,13H2,1-3H3,(H,22,24)(H,23,25)/b21-12-. The van der Waals surface area contributed by atoms with Crippen molar-refractivity contribution in [2.24, 2.45) is 5.10 Å². The molecule has 0 spiro atoms. The zero-order valence-corrected chi connectivity index (χ0v) is 16.4. The zero-order chi connectivity index (χ0) is 21.1. The second kappa shape index (κ2) is 11.2. The van der Waals surface area contributed by atoms with Gasteiger partial charge in [-0.1, -0.05) is 0 Å². The maximum atomic E-state index is 12.1. The minimum atomic E-state index is -0.674. The first-order chi connectivity index (χ1) is 14.0. The van der Waals surface area contributed by atoms with Gasteiger partial charge >= 0.3 is 6.09 Å². The van der Waals surface area contributed by atoms with Crippen LogP contribution in [-0.4, -0.2) is 45.6 Å². The lowest BCUT2D eigenvalue weighted by Crippen LogP contribution is -2.20. The van der Waals surface area contributed by atoms with Crippen LogP contribution in [0.15, 0.2) is 47.6 Å². The van der Waals surface area contributed by atoms with Crippen molar-refractivity contribution in [3.8, 4) is 17.2 Å². The second-order valence-corrected chi connectivity index (χ2v) is 5.57. The van der Waals surface area contributed by atoms with Crippen LogP contribution in [0.1, 0.15) is 12.5 Å². The number of hydrazone groups is 1. The van der Waals surface area contributed by atoms with E-state index in [0.717, 1.165) is 5.75 Å². The molecule has 0 unspecified atom stereocenters. The van der Waals surface area contributed by atoms with Crippen LogP contribution in [-0.2, 0) is 9.53 Å². The summed E-state index contributed by atoms with van der Waals surface area (Å²) >= 11 is 0. The van der Waals surface area contributed by atoms with Crippen LogP contribution in [0.3, 0.4) is 0 Å². The topological polar surface area (TPSA) is 107 Å². The Morgan fingerprint density at radius 1 is 1.03 bits per heavy atom. The Hall–Kier alpha value is -3.75. The van der Waals surface area contributed by atoms with E-state index < -0.39 is 6.09 Å². The summed E-state index contributed by atoms with van der Waals surface area (Å²) in [6, 6.07) is 12.0. The molecule has 2 aromatic rings. The third-order valence-corrected chi connectivity index (χ3v) is 3.55. The summed E-state index contributed by atoms with van der Waals surface area (Å²) in [5.74, 6) is 1.23. The fourth-order valence-electron chi connectivity index (χ4n) is 2.23. The number of nitrogens with zero attached hydrogens (tertiary/aromatic N) is 1. The fraction of sp³-hybridized carbons (Fsp3) is 0.250. The quantitative estimate of drug-likeness (QED) is 0.494. The van der Waals surface area contributed by atoms with Crippen LogP contribution in [0, 0.1) is 0 Å². The van der Waals surface area contributed by atoms with Gasteiger partial charge in [0.2, 0.25) is 0 Å². The Morgan fingerprint density at radius 2 is 1.79 bits per heavy atom. The predicted octanol–water partition coefficient (Wildman–Crippen LogP) is 2.80. The molecule has 2 amide bonds. The Morgan fingerprint density at radius 3 is 2.45 bits per heavy atom. The Bertz CT molecular complexity index is 852. The smallest absolute Gasteiger partial charge is 0.427 e. The van der Waals surface area contributed by atoms with Crippen LogP contribution < -0.4 is 25.0 Å². The number of anilines is 1. The van der Waals surface area contributed by atoms with Gasteiger partial charge in [0.25, 0.3) is 5.91 Å². The highest BCUT2D eigenvalue weighted by molar-refractivity contribution is 5.92. The molecule has 0 radical (unpaired) electrons. The van der Waals surface area contributed by atoms with Crippen molar-refractivity contribution in [2.45, 2.75) is 6.92 Å². The fourth-order valence-corrected chi connectivity index (χ4v) is 2.23. The average molecular weight is 401 g/mol. The summed E-state index contributed by atoms with van der Waals surface area (Å²) in [6.45, 7) is 2.29. The number of carbonyl (C=O) groups excluding carboxylic acids is 2. The molecule has 0 fully saturated rings. The Balaban J connectivity index is 1.91. The van der Waals surface area contributed by atoms with E-state index in [0.29, 0.717) is 29.4 Å². The van der Waals surface area contributed by atoms with E-state index in [2.05, 4.69) is 20.6 Å². The number of ether oxygens (including phenoxy) is 4. The molecule has 154 valence electrons. The van der Waals surface area contributed by atoms with Crippen molar-refractivity contribution in [3.05, 3.63) is 48.0 Å². The van der Waals surface area contributed by atoms with E-state index in [9.17, 15) is 9.59 Å². The van der Waals surface area contributed by atoms with Gasteiger partial charge in [0.1, 0.15) is 5.75 Å². The third-order valence-electron chi connectivity index (χ3n) is 3.55. The lowest BCUT2D eigenvalue weighted by molar-refractivity contribution is -0.118. The Labute approximate surface area is 168 Å². The number of methoxy groups -OCH3 is 2. The highest BCUT2D eigenvalue weighted by Crippen LogP contribution is 2.27. The molecule has 0 bridgehead atoms. The van der Waals surface area contributed by atoms with Gasteiger partial charge < -0.3 is 24.3 Å². The number of nitrogens with one attached hydrogen (secondary N) is 2. The van der Waals surface area contributed by atoms with Gasteiger partial charge in [-0.05, 0) is 55.0 Å². The first kappa shape index (κ1) is 21.5. The van der Waals surface area contributed by atoms with Gasteiger partial charge in [-0.2, -0.15) is 5.10 Å². The van der Waals surface area contributed by atoms with Crippen LogP contribution >= 0.6 is 0 Å². The van der Waals surface area contributed by atoms with Gasteiger partial charge in [0, 0.05) is 5.69 Å². The molecule has 2 aromatic carbocycles. The lowest BCUT2D eigenvalue weighted by Gasteiger charge is -2.12. The molecule has 0 aromatic heterocycles. The van der Waals surface area contributed by atoms with Gasteiger partial charge in [-0.25, -0.2) is 10.2 Å². The van der Waals surface area contributed by atoms with Crippen molar-refractivity contribution in [2.75, 3.05) is 32.8 Å². The first-order valence-electron chi connectivity index (χ1n) is 8.76.